The van der Waals surface area contributed by atoms with Crippen molar-refractivity contribution in [2.24, 2.45) is 0 Å². The number of benzene rings is 1. The van der Waals surface area contributed by atoms with Gasteiger partial charge in [-0.3, -0.25) is 9.48 Å². The number of halogens is 2. The molecule has 0 radical (unpaired) electrons. The van der Waals surface area contributed by atoms with Crippen LogP contribution < -0.4 is 10.1 Å². The van der Waals surface area contributed by atoms with Crippen LogP contribution in [-0.2, 0) is 17.8 Å². The minimum Gasteiger partial charge on any atom is -0.435 e. The number of thiazole rings is 1. The molecule has 2 heterocycles. The van der Waals surface area contributed by atoms with E-state index >= 15 is 0 Å². The molecule has 0 aliphatic heterocycles. The molecule has 0 aliphatic carbocycles. The van der Waals surface area contributed by atoms with E-state index in [1.165, 1.54) is 23.5 Å². The van der Waals surface area contributed by atoms with E-state index in [2.05, 4.69) is 26.2 Å². The van der Waals surface area contributed by atoms with Crippen LogP contribution in [0, 0.1) is 32.1 Å². The minimum absolute atomic E-state index is 0.0756. The average Bonchev–Trinajstić information content (AvgIpc) is 3.23. The van der Waals surface area contributed by atoms with Gasteiger partial charge in [0, 0.05) is 22.6 Å². The first kappa shape index (κ1) is 23.3. The molecule has 3 aromatic rings. The number of carbonyl (C=O) groups is 1. The Morgan fingerprint density at radius 3 is 2.66 bits per heavy atom. The van der Waals surface area contributed by atoms with Crippen molar-refractivity contribution in [1.82, 2.24) is 14.8 Å². The van der Waals surface area contributed by atoms with Gasteiger partial charge in [-0.1, -0.05) is 0 Å². The highest BCUT2D eigenvalue weighted by Crippen LogP contribution is 2.31. The lowest BCUT2D eigenvalue weighted by atomic mass is 10.1. The van der Waals surface area contributed by atoms with Gasteiger partial charge in [-0.25, -0.2) is 4.98 Å². The van der Waals surface area contributed by atoms with Crippen molar-refractivity contribution in [3.63, 3.8) is 0 Å². The van der Waals surface area contributed by atoms with Gasteiger partial charge in [0.2, 0.25) is 5.91 Å². The molecule has 0 unspecified atom stereocenters. The Balaban J connectivity index is 1.62. The van der Waals surface area contributed by atoms with Crippen LogP contribution in [0.5, 0.6) is 5.75 Å². The first-order chi connectivity index (χ1) is 15.3. The van der Waals surface area contributed by atoms with Crippen LogP contribution in [0.1, 0.15) is 34.7 Å². The van der Waals surface area contributed by atoms with E-state index in [1.54, 1.807) is 16.8 Å². The first-order valence-corrected chi connectivity index (χ1v) is 10.8. The number of hydrogen-bond acceptors (Lipinski definition) is 6. The molecule has 0 atom stereocenters. The molecule has 0 aliphatic rings. The van der Waals surface area contributed by atoms with Crippen molar-refractivity contribution in [2.45, 2.75) is 53.2 Å². The highest BCUT2D eigenvalue weighted by Gasteiger charge is 2.16. The summed E-state index contributed by atoms with van der Waals surface area (Å²) in [7, 11) is 0. The van der Waals surface area contributed by atoms with E-state index in [-0.39, 0.29) is 18.1 Å². The fraction of sp³-hybridized carbons (Fsp3) is 0.364. The molecule has 0 spiro atoms. The summed E-state index contributed by atoms with van der Waals surface area (Å²) in [5.41, 5.74) is 4.27. The molecule has 1 aromatic carbocycles. The maximum absolute atomic E-state index is 12.5. The molecule has 0 saturated heterocycles. The summed E-state index contributed by atoms with van der Waals surface area (Å²) in [4.78, 5) is 17.9. The van der Waals surface area contributed by atoms with Crippen molar-refractivity contribution >= 4 is 22.4 Å². The van der Waals surface area contributed by atoms with Crippen molar-refractivity contribution in [3.8, 4) is 23.1 Å². The van der Waals surface area contributed by atoms with Crippen LogP contribution in [0.3, 0.4) is 0 Å². The molecule has 1 amide bonds. The van der Waals surface area contributed by atoms with Gasteiger partial charge in [-0.15, -0.1) is 11.3 Å². The number of ether oxygens (including phenoxy) is 1. The van der Waals surface area contributed by atoms with Crippen molar-refractivity contribution in [2.75, 3.05) is 5.32 Å². The molecule has 0 bridgehead atoms. The molecule has 168 valence electrons. The Bertz CT molecular complexity index is 1130. The zero-order valence-corrected chi connectivity index (χ0v) is 18.8. The second kappa shape index (κ2) is 10.3. The second-order valence-electron chi connectivity index (χ2n) is 7.16. The number of aromatic nitrogens is 3. The van der Waals surface area contributed by atoms with Gasteiger partial charge in [0.1, 0.15) is 5.75 Å². The van der Waals surface area contributed by atoms with Gasteiger partial charge < -0.3 is 10.1 Å². The molecule has 0 saturated carbocycles. The fourth-order valence-electron chi connectivity index (χ4n) is 3.40. The number of carbonyl (C=O) groups excluding carboxylic acids is 1. The zero-order chi connectivity index (χ0) is 23.3. The van der Waals surface area contributed by atoms with Gasteiger partial charge in [-0.05, 0) is 57.0 Å². The summed E-state index contributed by atoms with van der Waals surface area (Å²) in [5.74, 6) is -0.0822. The molecule has 7 nitrogen and oxygen atoms in total. The summed E-state index contributed by atoms with van der Waals surface area (Å²) in [6.45, 7) is 3.39. The number of rotatable bonds is 9. The van der Waals surface area contributed by atoms with Gasteiger partial charge >= 0.3 is 6.61 Å². The van der Waals surface area contributed by atoms with Gasteiger partial charge in [0.25, 0.3) is 0 Å². The summed E-state index contributed by atoms with van der Waals surface area (Å²) >= 11 is 1.35. The number of aryl methyl sites for hydroxylation is 3. The van der Waals surface area contributed by atoms with Crippen LogP contribution in [0.25, 0.3) is 11.3 Å². The Hall–Kier alpha value is -3.32. The number of amides is 1. The predicted octanol–water partition coefficient (Wildman–Crippen LogP) is 5.02. The molecule has 10 heteroatoms. The van der Waals surface area contributed by atoms with E-state index < -0.39 is 6.61 Å². The van der Waals surface area contributed by atoms with E-state index in [0.717, 1.165) is 27.4 Å². The summed E-state index contributed by atoms with van der Waals surface area (Å²) in [6.07, 6.45) is 1.20. The van der Waals surface area contributed by atoms with Gasteiger partial charge in [0.05, 0.1) is 30.4 Å². The lowest BCUT2D eigenvalue weighted by molar-refractivity contribution is -0.116. The van der Waals surface area contributed by atoms with Crippen LogP contribution in [0.2, 0.25) is 0 Å². The third-order valence-electron chi connectivity index (χ3n) is 4.96. The van der Waals surface area contributed by atoms with Crippen LogP contribution in [-0.4, -0.2) is 27.3 Å². The van der Waals surface area contributed by atoms with E-state index in [4.69, 9.17) is 5.26 Å². The Labute approximate surface area is 188 Å². The lowest BCUT2D eigenvalue weighted by Crippen LogP contribution is -2.12. The predicted molar refractivity (Wildman–Crippen MR) is 118 cm³/mol. The van der Waals surface area contributed by atoms with Crippen LogP contribution in [0.15, 0.2) is 24.3 Å². The lowest BCUT2D eigenvalue weighted by Gasteiger charge is -2.05. The molecule has 1 N–H and O–H groups in total. The third-order valence-corrected chi connectivity index (χ3v) is 5.85. The first-order valence-electron chi connectivity index (χ1n) is 10.0. The minimum atomic E-state index is -2.87. The Morgan fingerprint density at radius 2 is 2.00 bits per heavy atom. The number of nitrogens with one attached hydrogen (secondary N) is 1. The second-order valence-corrected chi connectivity index (χ2v) is 8.36. The van der Waals surface area contributed by atoms with E-state index in [9.17, 15) is 13.6 Å². The summed E-state index contributed by atoms with van der Waals surface area (Å²) in [6, 6.07) is 8.33. The molecule has 3 rings (SSSR count). The van der Waals surface area contributed by atoms with E-state index in [0.29, 0.717) is 30.2 Å². The Kier molecular flexibility index (Phi) is 7.53. The van der Waals surface area contributed by atoms with Crippen LogP contribution >= 0.6 is 11.3 Å². The number of hydrogen-bond donors (Lipinski definition) is 1. The SMILES string of the molecule is Cc1nn(CCC#N)c(C)c1CCC(=O)Nc1nc(-c2ccc(OC(F)F)cc2)c(C)s1. The topological polar surface area (TPSA) is 92.8 Å². The number of alkyl halides is 2. The standard InChI is InChI=1S/C22H23F2N5O2S/c1-13-18(14(2)29(28-13)12-4-11-25)9-10-19(30)26-22-27-20(15(3)32-22)16-5-7-17(8-6-16)31-21(23)24/h5-8,21H,4,9-10,12H2,1-3H3,(H,26,27,30). The maximum atomic E-state index is 12.5. The highest BCUT2D eigenvalue weighted by molar-refractivity contribution is 7.16. The smallest absolute Gasteiger partial charge is 0.387 e. The average molecular weight is 460 g/mol. The van der Waals surface area contributed by atoms with E-state index in [1.807, 2.05) is 20.8 Å². The van der Waals surface area contributed by atoms with Crippen molar-refractivity contribution in [1.29, 1.82) is 5.26 Å². The van der Waals surface area contributed by atoms with Crippen LogP contribution in [0.4, 0.5) is 13.9 Å². The summed E-state index contributed by atoms with van der Waals surface area (Å²) < 4.78 is 30.8. The Morgan fingerprint density at radius 1 is 1.28 bits per heavy atom. The number of anilines is 1. The fourth-order valence-corrected chi connectivity index (χ4v) is 4.25. The normalized spacial score (nSPS) is 10.9. The molecule has 2 aromatic heterocycles. The van der Waals surface area contributed by atoms with Crippen molar-refractivity contribution < 1.29 is 18.3 Å². The quantitative estimate of drug-likeness (QED) is 0.485. The monoisotopic (exact) mass is 459 g/mol. The van der Waals surface area contributed by atoms with Gasteiger partial charge in [0.15, 0.2) is 5.13 Å². The van der Waals surface area contributed by atoms with Gasteiger partial charge in [-0.2, -0.15) is 19.1 Å². The number of nitrogens with zero attached hydrogens (tertiary/aromatic N) is 4. The summed E-state index contributed by atoms with van der Waals surface area (Å²) in [5, 5.41) is 16.5. The van der Waals surface area contributed by atoms with Crippen molar-refractivity contribution in [3.05, 3.63) is 46.1 Å². The molecule has 32 heavy (non-hydrogen) atoms. The third kappa shape index (κ3) is 5.68. The zero-order valence-electron chi connectivity index (χ0n) is 18.0. The molecule has 0 fully saturated rings. The molecular formula is C22H23F2N5O2S. The highest BCUT2D eigenvalue weighted by atomic mass is 32.1. The largest absolute Gasteiger partial charge is 0.435 e. The molecular weight excluding hydrogens is 436 g/mol. The number of nitriles is 1. The maximum Gasteiger partial charge on any atom is 0.387 e.